The Labute approximate surface area is 172 Å². The molecule has 148 valence electrons. The summed E-state index contributed by atoms with van der Waals surface area (Å²) in [5.74, 6) is -0.716. The second kappa shape index (κ2) is 8.80. The van der Waals surface area contributed by atoms with E-state index >= 15 is 0 Å². The Balaban J connectivity index is 1.84. The minimum absolute atomic E-state index is 0.0266. The number of hydrogen-bond acceptors (Lipinski definition) is 3. The first-order valence-corrected chi connectivity index (χ1v) is 9.85. The average molecular weight is 423 g/mol. The molecule has 0 fully saturated rings. The van der Waals surface area contributed by atoms with Crippen LogP contribution in [-0.2, 0) is 0 Å². The van der Waals surface area contributed by atoms with Gasteiger partial charge in [0.2, 0.25) is 5.95 Å². The number of unbranched alkanes of at least 4 members (excludes halogenated alkanes) is 1. The number of hydrogen-bond donors (Lipinski definition) is 3. The number of aromatic nitrogens is 2. The number of carbonyl (C=O) groups is 1. The van der Waals surface area contributed by atoms with Crippen LogP contribution in [0.25, 0.3) is 11.0 Å². The first-order valence-electron chi connectivity index (χ1n) is 9.10. The third-order valence-electron chi connectivity index (χ3n) is 4.39. The quantitative estimate of drug-likeness (QED) is 0.433. The Morgan fingerprint density at radius 1 is 1.29 bits per heavy atom. The van der Waals surface area contributed by atoms with Crippen LogP contribution in [-0.4, -0.2) is 21.9 Å². The first kappa shape index (κ1) is 20.4. The number of halogens is 3. The van der Waals surface area contributed by atoms with Gasteiger partial charge in [0.1, 0.15) is 5.82 Å². The molecular weight excluding hydrogens is 402 g/mol. The fraction of sp³-hybridized carbons (Fsp3) is 0.300. The third kappa shape index (κ3) is 4.56. The van der Waals surface area contributed by atoms with Crippen LogP contribution in [0.3, 0.4) is 0 Å². The summed E-state index contributed by atoms with van der Waals surface area (Å²) >= 11 is 12.3. The summed E-state index contributed by atoms with van der Waals surface area (Å²) in [6.45, 7) is 4.00. The van der Waals surface area contributed by atoms with Crippen molar-refractivity contribution < 1.29 is 9.18 Å². The molecule has 2 aromatic carbocycles. The zero-order valence-corrected chi connectivity index (χ0v) is 17.1. The molecule has 0 aliphatic carbocycles. The van der Waals surface area contributed by atoms with Gasteiger partial charge in [-0.1, -0.05) is 49.0 Å². The van der Waals surface area contributed by atoms with Crippen molar-refractivity contribution >= 4 is 51.8 Å². The van der Waals surface area contributed by atoms with Crippen LogP contribution in [0.15, 0.2) is 30.3 Å². The first-order chi connectivity index (χ1) is 13.4. The summed E-state index contributed by atoms with van der Waals surface area (Å²) in [4.78, 5) is 19.8. The molecule has 0 spiro atoms. The molecular formula is C20H21Cl2FN4O. The van der Waals surface area contributed by atoms with E-state index < -0.39 is 11.7 Å². The number of para-hydroxylation sites is 1. The smallest absolute Gasteiger partial charge is 0.254 e. The zero-order valence-electron chi connectivity index (χ0n) is 15.6. The van der Waals surface area contributed by atoms with E-state index in [2.05, 4.69) is 27.5 Å². The number of benzene rings is 2. The van der Waals surface area contributed by atoms with Crippen molar-refractivity contribution in [2.75, 3.05) is 5.32 Å². The van der Waals surface area contributed by atoms with Gasteiger partial charge >= 0.3 is 0 Å². The van der Waals surface area contributed by atoms with E-state index in [1.165, 1.54) is 12.1 Å². The van der Waals surface area contributed by atoms with Gasteiger partial charge in [-0.25, -0.2) is 9.37 Å². The van der Waals surface area contributed by atoms with Gasteiger partial charge in [0.25, 0.3) is 5.91 Å². The lowest BCUT2D eigenvalue weighted by Gasteiger charge is -2.13. The summed E-state index contributed by atoms with van der Waals surface area (Å²) in [7, 11) is 0. The summed E-state index contributed by atoms with van der Waals surface area (Å²) in [5.41, 5.74) is 1.37. The third-order valence-corrected chi connectivity index (χ3v) is 5.02. The molecule has 1 heterocycles. The van der Waals surface area contributed by atoms with Gasteiger partial charge in [0.15, 0.2) is 0 Å². The monoisotopic (exact) mass is 422 g/mol. The molecule has 0 saturated heterocycles. The molecule has 0 radical (unpaired) electrons. The Morgan fingerprint density at radius 2 is 2.00 bits per heavy atom. The fourth-order valence-electron chi connectivity index (χ4n) is 2.88. The summed E-state index contributed by atoms with van der Waals surface area (Å²) in [5, 5.41) is 6.69. The van der Waals surface area contributed by atoms with Gasteiger partial charge in [-0.2, -0.15) is 0 Å². The Bertz CT molecular complexity index is 985. The van der Waals surface area contributed by atoms with Crippen LogP contribution in [0.2, 0.25) is 10.0 Å². The minimum Gasteiger partial charge on any atom is -0.349 e. The van der Waals surface area contributed by atoms with Crippen molar-refractivity contribution in [1.82, 2.24) is 15.3 Å². The molecule has 0 saturated carbocycles. The van der Waals surface area contributed by atoms with Gasteiger partial charge in [0.05, 0.1) is 32.3 Å². The molecule has 3 N–H and O–H groups in total. The van der Waals surface area contributed by atoms with Gasteiger partial charge in [-0.05, 0) is 31.5 Å². The lowest BCUT2D eigenvalue weighted by atomic mass is 10.1. The topological polar surface area (TPSA) is 69.8 Å². The number of H-pyrrole nitrogens is 1. The zero-order chi connectivity index (χ0) is 20.3. The molecule has 8 heteroatoms. The van der Waals surface area contributed by atoms with E-state index in [1.54, 1.807) is 18.2 Å². The number of nitrogens with zero attached hydrogens (tertiary/aromatic N) is 1. The molecule has 3 aromatic rings. The maximum absolute atomic E-state index is 14.5. The van der Waals surface area contributed by atoms with Crippen LogP contribution in [0.1, 0.15) is 43.5 Å². The van der Waals surface area contributed by atoms with Crippen LogP contribution in [0.5, 0.6) is 0 Å². The second-order valence-electron chi connectivity index (χ2n) is 6.67. The van der Waals surface area contributed by atoms with Gasteiger partial charge < -0.3 is 15.6 Å². The number of carbonyl (C=O) groups excluding carboxylic acids is 1. The minimum atomic E-state index is -0.612. The Hall–Kier alpha value is -2.31. The Kier molecular flexibility index (Phi) is 6.42. The lowest BCUT2D eigenvalue weighted by Crippen LogP contribution is -2.33. The van der Waals surface area contributed by atoms with Gasteiger partial charge in [-0.3, -0.25) is 4.79 Å². The lowest BCUT2D eigenvalue weighted by molar-refractivity contribution is 0.0934. The predicted molar refractivity (Wildman–Crippen MR) is 112 cm³/mol. The maximum atomic E-state index is 14.5. The van der Waals surface area contributed by atoms with Gasteiger partial charge in [-0.15, -0.1) is 0 Å². The highest BCUT2D eigenvalue weighted by Crippen LogP contribution is 2.32. The Morgan fingerprint density at radius 3 is 2.68 bits per heavy atom. The molecule has 28 heavy (non-hydrogen) atoms. The van der Waals surface area contributed by atoms with Gasteiger partial charge in [0, 0.05) is 12.1 Å². The second-order valence-corrected chi connectivity index (χ2v) is 7.49. The summed E-state index contributed by atoms with van der Waals surface area (Å²) < 4.78 is 14.5. The number of rotatable bonds is 7. The number of amides is 1. The number of aromatic amines is 1. The van der Waals surface area contributed by atoms with Crippen LogP contribution >= 0.6 is 23.2 Å². The molecule has 0 aliphatic heterocycles. The molecule has 3 rings (SSSR count). The number of fused-ring (bicyclic) bond motifs is 1. The normalized spacial score (nSPS) is 12.2. The van der Waals surface area contributed by atoms with E-state index in [-0.39, 0.29) is 11.6 Å². The van der Waals surface area contributed by atoms with Crippen LogP contribution in [0, 0.1) is 5.82 Å². The molecule has 0 bridgehead atoms. The predicted octanol–water partition coefficient (Wildman–Crippen LogP) is 6.06. The van der Waals surface area contributed by atoms with Crippen molar-refractivity contribution in [2.45, 2.75) is 39.2 Å². The SMILES string of the molecule is CCCC[C@H](C)NC(=O)c1cc2nc(Nc3c(Cl)cccc3Cl)[nH]c2cc1F. The molecule has 0 unspecified atom stereocenters. The van der Waals surface area contributed by atoms with E-state index in [0.29, 0.717) is 32.7 Å². The molecule has 0 aliphatic rings. The standard InChI is InChI=1S/C20H21Cl2FN4O/c1-3-4-6-11(2)24-19(28)12-9-16-17(10-15(12)23)26-20(25-16)27-18-13(21)7-5-8-14(18)22/h5,7-11H,3-4,6H2,1-2H3,(H,24,28)(H2,25,26,27)/t11-/m0/s1. The number of anilines is 2. The average Bonchev–Trinajstić information content (AvgIpc) is 3.03. The van der Waals surface area contributed by atoms with E-state index in [9.17, 15) is 9.18 Å². The highest BCUT2D eigenvalue weighted by Gasteiger charge is 2.17. The molecule has 1 atom stereocenters. The highest BCUT2D eigenvalue weighted by molar-refractivity contribution is 6.39. The number of imidazole rings is 1. The van der Waals surface area contributed by atoms with Crippen molar-refractivity contribution in [3.8, 4) is 0 Å². The van der Waals surface area contributed by atoms with Crippen LogP contribution in [0.4, 0.5) is 16.0 Å². The van der Waals surface area contributed by atoms with Crippen molar-refractivity contribution in [3.63, 3.8) is 0 Å². The summed E-state index contributed by atoms with van der Waals surface area (Å²) in [6, 6.07) is 7.79. The van der Waals surface area contributed by atoms with E-state index in [1.807, 2.05) is 6.92 Å². The van der Waals surface area contributed by atoms with Crippen molar-refractivity contribution in [3.05, 3.63) is 51.8 Å². The highest BCUT2D eigenvalue weighted by atomic mass is 35.5. The number of nitrogens with one attached hydrogen (secondary N) is 3. The summed E-state index contributed by atoms with van der Waals surface area (Å²) in [6.07, 6.45) is 2.89. The van der Waals surface area contributed by atoms with Crippen LogP contribution < -0.4 is 10.6 Å². The van der Waals surface area contributed by atoms with Crippen molar-refractivity contribution in [1.29, 1.82) is 0 Å². The molecule has 1 aromatic heterocycles. The molecule has 5 nitrogen and oxygen atoms in total. The van der Waals surface area contributed by atoms with Crippen molar-refractivity contribution in [2.24, 2.45) is 0 Å². The molecule has 1 amide bonds. The van der Waals surface area contributed by atoms with E-state index in [0.717, 1.165) is 19.3 Å². The largest absolute Gasteiger partial charge is 0.349 e. The maximum Gasteiger partial charge on any atom is 0.254 e. The fourth-order valence-corrected chi connectivity index (χ4v) is 3.38. The van der Waals surface area contributed by atoms with E-state index in [4.69, 9.17) is 23.2 Å².